The summed E-state index contributed by atoms with van der Waals surface area (Å²) in [6, 6.07) is 0. The first-order valence-corrected chi connectivity index (χ1v) is 6.13. The Kier molecular flexibility index (Phi) is 5.40. The fraction of sp³-hybridized carbons (Fsp3) is 0.833. The number of hydrogen-bond donors (Lipinski definition) is 1. The lowest BCUT2D eigenvalue weighted by Crippen LogP contribution is -2.35. The highest BCUT2D eigenvalue weighted by Gasteiger charge is 2.24. The molecule has 1 fully saturated rings. The Bertz CT molecular complexity index is 291. The van der Waals surface area contributed by atoms with E-state index in [0.717, 1.165) is 6.42 Å². The number of esters is 1. The van der Waals surface area contributed by atoms with Crippen LogP contribution in [0, 0.1) is 0 Å². The Hall–Kier alpha value is -1.30. The highest BCUT2D eigenvalue weighted by Crippen LogP contribution is 2.13. The van der Waals surface area contributed by atoms with E-state index in [1.807, 2.05) is 0 Å². The van der Waals surface area contributed by atoms with Crippen LogP contribution in [-0.2, 0) is 19.0 Å². The predicted molar refractivity (Wildman–Crippen MR) is 64.2 cm³/mol. The maximum atomic E-state index is 11.4. The molecule has 0 aliphatic carbocycles. The van der Waals surface area contributed by atoms with E-state index in [-0.39, 0.29) is 19.1 Å². The van der Waals surface area contributed by atoms with Gasteiger partial charge in [0.1, 0.15) is 12.2 Å². The molecule has 0 saturated carbocycles. The standard InChI is InChI=1S/C12H21NO5/c1-12(2,3)18-11(15)13-6-8-17-10(14)9-5-4-7-16-9/h9H,4-8H2,1-3H3,(H,13,15). The SMILES string of the molecule is CC(C)(C)OC(=O)NCCOC(=O)C1CCCO1. The van der Waals surface area contributed by atoms with Crippen molar-refractivity contribution in [3.63, 3.8) is 0 Å². The first-order chi connectivity index (χ1) is 8.38. The molecule has 104 valence electrons. The molecular weight excluding hydrogens is 238 g/mol. The van der Waals surface area contributed by atoms with Gasteiger partial charge in [0, 0.05) is 6.61 Å². The van der Waals surface area contributed by atoms with Gasteiger partial charge in [0.2, 0.25) is 0 Å². The second kappa shape index (κ2) is 6.58. The Balaban J connectivity index is 2.07. The summed E-state index contributed by atoms with van der Waals surface area (Å²) in [5.74, 6) is -0.363. The Morgan fingerprint density at radius 2 is 2.11 bits per heavy atom. The molecule has 0 bridgehead atoms. The van der Waals surface area contributed by atoms with Crippen LogP contribution >= 0.6 is 0 Å². The van der Waals surface area contributed by atoms with Gasteiger partial charge in [-0.25, -0.2) is 9.59 Å². The van der Waals surface area contributed by atoms with E-state index < -0.39 is 17.8 Å². The van der Waals surface area contributed by atoms with Crippen molar-refractivity contribution in [3.05, 3.63) is 0 Å². The zero-order valence-corrected chi connectivity index (χ0v) is 11.2. The van der Waals surface area contributed by atoms with Gasteiger partial charge in [-0.3, -0.25) is 0 Å². The van der Waals surface area contributed by atoms with E-state index >= 15 is 0 Å². The molecule has 1 unspecified atom stereocenters. The van der Waals surface area contributed by atoms with Crippen molar-refractivity contribution in [1.29, 1.82) is 0 Å². The molecule has 1 rings (SSSR count). The first kappa shape index (κ1) is 14.8. The highest BCUT2D eigenvalue weighted by molar-refractivity contribution is 5.75. The first-order valence-electron chi connectivity index (χ1n) is 6.13. The summed E-state index contributed by atoms with van der Waals surface area (Å²) in [4.78, 5) is 22.7. The summed E-state index contributed by atoms with van der Waals surface area (Å²) < 4.78 is 15.2. The molecule has 0 aromatic rings. The van der Waals surface area contributed by atoms with Crippen LogP contribution in [0.5, 0.6) is 0 Å². The molecule has 1 aliphatic rings. The minimum atomic E-state index is -0.529. The summed E-state index contributed by atoms with van der Waals surface area (Å²) in [6.07, 6.45) is 0.635. The molecule has 1 heterocycles. The minimum Gasteiger partial charge on any atom is -0.462 e. The summed E-state index contributed by atoms with van der Waals surface area (Å²) >= 11 is 0. The van der Waals surface area contributed by atoms with Crippen LogP contribution in [0.2, 0.25) is 0 Å². The van der Waals surface area contributed by atoms with Crippen molar-refractivity contribution in [2.75, 3.05) is 19.8 Å². The maximum absolute atomic E-state index is 11.4. The monoisotopic (exact) mass is 259 g/mol. The lowest BCUT2D eigenvalue weighted by atomic mass is 10.2. The van der Waals surface area contributed by atoms with Gasteiger partial charge >= 0.3 is 12.1 Å². The lowest BCUT2D eigenvalue weighted by molar-refractivity contribution is -0.154. The molecule has 6 heteroatoms. The Morgan fingerprint density at radius 3 is 2.67 bits per heavy atom. The number of carbonyl (C=O) groups excluding carboxylic acids is 2. The van der Waals surface area contributed by atoms with Gasteiger partial charge in [-0.2, -0.15) is 0 Å². The van der Waals surface area contributed by atoms with Crippen LogP contribution in [0.4, 0.5) is 4.79 Å². The van der Waals surface area contributed by atoms with Crippen molar-refractivity contribution >= 4 is 12.1 Å². The number of ether oxygens (including phenoxy) is 3. The van der Waals surface area contributed by atoms with Crippen LogP contribution in [0.3, 0.4) is 0 Å². The lowest BCUT2D eigenvalue weighted by Gasteiger charge is -2.19. The van der Waals surface area contributed by atoms with E-state index in [0.29, 0.717) is 13.0 Å². The quantitative estimate of drug-likeness (QED) is 0.607. The molecule has 18 heavy (non-hydrogen) atoms. The average molecular weight is 259 g/mol. The van der Waals surface area contributed by atoms with E-state index in [4.69, 9.17) is 14.2 Å². The number of hydrogen-bond acceptors (Lipinski definition) is 5. The molecule has 0 radical (unpaired) electrons. The highest BCUT2D eigenvalue weighted by atomic mass is 16.6. The van der Waals surface area contributed by atoms with Gasteiger partial charge in [0.25, 0.3) is 0 Å². The molecule has 0 aromatic carbocycles. The van der Waals surface area contributed by atoms with Crippen LogP contribution in [0.15, 0.2) is 0 Å². The van der Waals surface area contributed by atoms with Gasteiger partial charge in [0.15, 0.2) is 6.10 Å². The second-order valence-electron chi connectivity index (χ2n) is 5.10. The van der Waals surface area contributed by atoms with E-state index in [9.17, 15) is 9.59 Å². The van der Waals surface area contributed by atoms with Gasteiger partial charge in [-0.05, 0) is 33.6 Å². The third-order valence-corrected chi connectivity index (χ3v) is 2.21. The third-order valence-electron chi connectivity index (χ3n) is 2.21. The van der Waals surface area contributed by atoms with E-state index in [1.54, 1.807) is 20.8 Å². The summed E-state index contributed by atoms with van der Waals surface area (Å²) in [6.45, 7) is 6.30. The Labute approximate surface area is 107 Å². The zero-order chi connectivity index (χ0) is 13.6. The molecule has 0 aromatic heterocycles. The zero-order valence-electron chi connectivity index (χ0n) is 11.2. The molecule has 0 spiro atoms. The number of carbonyl (C=O) groups is 2. The topological polar surface area (TPSA) is 73.9 Å². The molecule has 1 saturated heterocycles. The van der Waals surface area contributed by atoms with Crippen molar-refractivity contribution in [2.45, 2.75) is 45.3 Å². The fourth-order valence-corrected chi connectivity index (χ4v) is 1.48. The number of nitrogens with one attached hydrogen (secondary N) is 1. The van der Waals surface area contributed by atoms with Crippen LogP contribution < -0.4 is 5.32 Å². The second-order valence-corrected chi connectivity index (χ2v) is 5.10. The Morgan fingerprint density at radius 1 is 1.39 bits per heavy atom. The fourth-order valence-electron chi connectivity index (χ4n) is 1.48. The van der Waals surface area contributed by atoms with Gasteiger partial charge < -0.3 is 19.5 Å². The maximum Gasteiger partial charge on any atom is 0.407 e. The van der Waals surface area contributed by atoms with E-state index in [2.05, 4.69) is 5.32 Å². The van der Waals surface area contributed by atoms with Crippen molar-refractivity contribution in [2.24, 2.45) is 0 Å². The number of amides is 1. The van der Waals surface area contributed by atoms with Crippen molar-refractivity contribution in [3.8, 4) is 0 Å². The molecular formula is C12H21NO5. The molecule has 1 atom stereocenters. The van der Waals surface area contributed by atoms with Crippen LogP contribution in [-0.4, -0.2) is 43.5 Å². The van der Waals surface area contributed by atoms with Crippen molar-refractivity contribution in [1.82, 2.24) is 5.32 Å². The van der Waals surface area contributed by atoms with E-state index in [1.165, 1.54) is 0 Å². The normalized spacial score (nSPS) is 19.4. The van der Waals surface area contributed by atoms with Gasteiger partial charge in [0.05, 0.1) is 6.54 Å². The largest absolute Gasteiger partial charge is 0.462 e. The average Bonchev–Trinajstić information content (AvgIpc) is 2.74. The molecule has 1 amide bonds. The minimum absolute atomic E-state index is 0.123. The summed E-state index contributed by atoms with van der Waals surface area (Å²) in [5, 5.41) is 2.51. The predicted octanol–water partition coefficient (Wildman–Crippen LogP) is 1.23. The number of rotatable bonds is 4. The molecule has 6 nitrogen and oxygen atoms in total. The van der Waals surface area contributed by atoms with Gasteiger partial charge in [-0.1, -0.05) is 0 Å². The summed E-state index contributed by atoms with van der Waals surface area (Å²) in [5.41, 5.74) is -0.529. The smallest absolute Gasteiger partial charge is 0.407 e. The summed E-state index contributed by atoms with van der Waals surface area (Å²) in [7, 11) is 0. The van der Waals surface area contributed by atoms with Crippen LogP contribution in [0.25, 0.3) is 0 Å². The third kappa shape index (κ3) is 5.86. The molecule has 1 aliphatic heterocycles. The van der Waals surface area contributed by atoms with Crippen molar-refractivity contribution < 1.29 is 23.8 Å². The van der Waals surface area contributed by atoms with Gasteiger partial charge in [-0.15, -0.1) is 0 Å². The van der Waals surface area contributed by atoms with Crippen LogP contribution in [0.1, 0.15) is 33.6 Å². The number of alkyl carbamates (subject to hydrolysis) is 1. The molecule has 1 N–H and O–H groups in total.